The van der Waals surface area contributed by atoms with Crippen molar-refractivity contribution in [1.82, 2.24) is 4.90 Å². The number of hydrogen-bond acceptors (Lipinski definition) is 3. The Bertz CT molecular complexity index is 527. The Labute approximate surface area is 137 Å². The summed E-state index contributed by atoms with van der Waals surface area (Å²) >= 11 is 5.98. The Hall–Kier alpha value is -1.26. The van der Waals surface area contributed by atoms with Crippen molar-refractivity contribution in [3.05, 3.63) is 34.9 Å². The first-order chi connectivity index (χ1) is 10.3. The Morgan fingerprint density at radius 1 is 1.45 bits per heavy atom. The molecule has 4 nitrogen and oxygen atoms in total. The molecule has 2 atom stereocenters. The molecule has 0 aromatic heterocycles. The molecule has 0 saturated carbocycles. The minimum Gasteiger partial charge on any atom is -0.444 e. The molecular formula is C17H24ClNO3. The first-order valence-electron chi connectivity index (χ1n) is 7.68. The van der Waals surface area contributed by atoms with E-state index in [1.54, 1.807) is 17.0 Å². The maximum absolute atomic E-state index is 12.2. The summed E-state index contributed by atoms with van der Waals surface area (Å²) in [6, 6.07) is 7.25. The third-order valence-corrected chi connectivity index (χ3v) is 3.98. The van der Waals surface area contributed by atoms with Crippen molar-refractivity contribution in [2.75, 3.05) is 13.1 Å². The first kappa shape index (κ1) is 17.1. The fraction of sp³-hybridized carbons (Fsp3) is 0.588. The predicted molar refractivity (Wildman–Crippen MR) is 86.9 cm³/mol. The molecule has 0 bridgehead atoms. The minimum atomic E-state index is -0.621. The standard InChI is InChI=1S/C17H24ClNO3/c1-17(2,3)22-16(21)19-9-5-7-13(11-19)15(20)12-6-4-8-14(18)10-12/h4,6,8,10,13,15,20H,5,7,9,11H2,1-3H3/t13?,15-/m1/s1. The molecule has 1 aliphatic heterocycles. The molecule has 1 heterocycles. The van der Waals surface area contributed by atoms with Crippen LogP contribution in [0.5, 0.6) is 0 Å². The van der Waals surface area contributed by atoms with E-state index in [0.29, 0.717) is 18.1 Å². The maximum Gasteiger partial charge on any atom is 0.410 e. The van der Waals surface area contributed by atoms with E-state index in [9.17, 15) is 9.90 Å². The van der Waals surface area contributed by atoms with Crippen LogP contribution >= 0.6 is 11.6 Å². The number of piperidine rings is 1. The van der Waals surface area contributed by atoms with Gasteiger partial charge in [-0.2, -0.15) is 0 Å². The quantitative estimate of drug-likeness (QED) is 0.893. The van der Waals surface area contributed by atoms with Crippen LogP contribution in [-0.2, 0) is 4.74 Å². The molecule has 1 aromatic carbocycles. The molecule has 2 rings (SSSR count). The number of benzene rings is 1. The number of aliphatic hydroxyl groups excluding tert-OH is 1. The molecule has 1 aliphatic rings. The molecule has 1 N–H and O–H groups in total. The molecule has 0 aliphatic carbocycles. The van der Waals surface area contributed by atoms with Gasteiger partial charge in [-0.25, -0.2) is 4.79 Å². The summed E-state index contributed by atoms with van der Waals surface area (Å²) in [5.41, 5.74) is 0.291. The lowest BCUT2D eigenvalue weighted by Crippen LogP contribution is -2.44. The second kappa shape index (κ2) is 6.88. The van der Waals surface area contributed by atoms with Gasteiger partial charge in [0.1, 0.15) is 5.60 Å². The number of carbonyl (C=O) groups excluding carboxylic acids is 1. The van der Waals surface area contributed by atoms with Gasteiger partial charge in [0.2, 0.25) is 0 Å². The van der Waals surface area contributed by atoms with Crippen molar-refractivity contribution in [2.45, 2.75) is 45.3 Å². The normalized spacial score (nSPS) is 20.6. The average Bonchev–Trinajstić information content (AvgIpc) is 2.45. The molecule has 1 saturated heterocycles. The fourth-order valence-corrected chi connectivity index (χ4v) is 2.92. The van der Waals surface area contributed by atoms with Gasteiger partial charge in [-0.15, -0.1) is 0 Å². The number of likely N-dealkylation sites (tertiary alicyclic amines) is 1. The fourth-order valence-electron chi connectivity index (χ4n) is 2.72. The van der Waals surface area contributed by atoms with Crippen molar-refractivity contribution in [2.24, 2.45) is 5.92 Å². The van der Waals surface area contributed by atoms with Crippen LogP contribution < -0.4 is 0 Å². The van der Waals surface area contributed by atoms with Gasteiger partial charge in [0, 0.05) is 24.0 Å². The average molecular weight is 326 g/mol. The van der Waals surface area contributed by atoms with Gasteiger partial charge in [0.05, 0.1) is 6.10 Å². The van der Waals surface area contributed by atoms with Crippen molar-refractivity contribution in [3.63, 3.8) is 0 Å². The minimum absolute atomic E-state index is 0.000245. The van der Waals surface area contributed by atoms with Crippen LogP contribution in [0.4, 0.5) is 4.79 Å². The van der Waals surface area contributed by atoms with Crippen LogP contribution in [-0.4, -0.2) is 34.8 Å². The Balaban J connectivity index is 2.02. The van der Waals surface area contributed by atoms with E-state index in [2.05, 4.69) is 0 Å². The molecule has 22 heavy (non-hydrogen) atoms. The molecule has 1 unspecified atom stereocenters. The molecular weight excluding hydrogens is 302 g/mol. The Kier molecular flexibility index (Phi) is 5.35. The number of hydrogen-bond donors (Lipinski definition) is 1. The summed E-state index contributed by atoms with van der Waals surface area (Å²) in [6.45, 7) is 6.74. The maximum atomic E-state index is 12.2. The van der Waals surface area contributed by atoms with Gasteiger partial charge in [-0.05, 0) is 51.3 Å². The van der Waals surface area contributed by atoms with Crippen LogP contribution in [0.2, 0.25) is 5.02 Å². The highest BCUT2D eigenvalue weighted by Gasteiger charge is 2.31. The highest BCUT2D eigenvalue weighted by atomic mass is 35.5. The molecule has 1 aromatic rings. The smallest absolute Gasteiger partial charge is 0.410 e. The summed E-state index contributed by atoms with van der Waals surface area (Å²) in [7, 11) is 0. The third kappa shape index (κ3) is 4.62. The van der Waals surface area contributed by atoms with Gasteiger partial charge in [0.25, 0.3) is 0 Å². The van der Waals surface area contributed by atoms with Crippen molar-refractivity contribution in [3.8, 4) is 0 Å². The molecule has 5 heteroatoms. The van der Waals surface area contributed by atoms with Crippen LogP contribution in [0.1, 0.15) is 45.3 Å². The van der Waals surface area contributed by atoms with E-state index in [1.165, 1.54) is 0 Å². The SMILES string of the molecule is CC(C)(C)OC(=O)N1CCCC([C@H](O)c2cccc(Cl)c2)C1. The number of carbonyl (C=O) groups is 1. The van der Waals surface area contributed by atoms with E-state index >= 15 is 0 Å². The van der Waals surface area contributed by atoms with E-state index < -0.39 is 11.7 Å². The van der Waals surface area contributed by atoms with E-state index in [4.69, 9.17) is 16.3 Å². The summed E-state index contributed by atoms with van der Waals surface area (Å²) in [5.74, 6) is -0.000245. The zero-order chi connectivity index (χ0) is 16.3. The van der Waals surface area contributed by atoms with E-state index in [1.807, 2.05) is 32.9 Å². The Morgan fingerprint density at radius 3 is 2.82 bits per heavy atom. The molecule has 1 fully saturated rings. The van der Waals surface area contributed by atoms with Crippen LogP contribution in [0.15, 0.2) is 24.3 Å². The number of rotatable bonds is 2. The summed E-state index contributed by atoms with van der Waals surface area (Å²) in [4.78, 5) is 13.9. The van der Waals surface area contributed by atoms with E-state index in [-0.39, 0.29) is 12.0 Å². The number of halogens is 1. The number of aliphatic hydroxyl groups is 1. The molecule has 0 radical (unpaired) electrons. The number of nitrogens with zero attached hydrogens (tertiary/aromatic N) is 1. The van der Waals surface area contributed by atoms with Crippen molar-refractivity contribution in [1.29, 1.82) is 0 Å². The van der Waals surface area contributed by atoms with Crippen molar-refractivity contribution >= 4 is 17.7 Å². The van der Waals surface area contributed by atoms with Crippen LogP contribution in [0.25, 0.3) is 0 Å². The predicted octanol–water partition coefficient (Wildman–Crippen LogP) is 4.02. The zero-order valence-electron chi connectivity index (χ0n) is 13.4. The summed E-state index contributed by atoms with van der Waals surface area (Å²) in [5, 5.41) is 11.2. The summed E-state index contributed by atoms with van der Waals surface area (Å²) in [6.07, 6.45) is 0.813. The first-order valence-corrected chi connectivity index (χ1v) is 8.05. The number of amides is 1. The van der Waals surface area contributed by atoms with Gasteiger partial charge >= 0.3 is 6.09 Å². The van der Waals surface area contributed by atoms with E-state index in [0.717, 1.165) is 18.4 Å². The topological polar surface area (TPSA) is 49.8 Å². The monoisotopic (exact) mass is 325 g/mol. The highest BCUT2D eigenvalue weighted by molar-refractivity contribution is 6.30. The summed E-state index contributed by atoms with van der Waals surface area (Å²) < 4.78 is 5.41. The number of ether oxygens (including phenoxy) is 1. The van der Waals surface area contributed by atoms with Crippen molar-refractivity contribution < 1.29 is 14.6 Å². The van der Waals surface area contributed by atoms with Gasteiger partial charge < -0.3 is 14.7 Å². The largest absolute Gasteiger partial charge is 0.444 e. The van der Waals surface area contributed by atoms with Gasteiger partial charge in [-0.1, -0.05) is 23.7 Å². The highest BCUT2D eigenvalue weighted by Crippen LogP contribution is 2.31. The zero-order valence-corrected chi connectivity index (χ0v) is 14.1. The lowest BCUT2D eigenvalue weighted by Gasteiger charge is -2.36. The third-order valence-electron chi connectivity index (χ3n) is 3.75. The van der Waals surface area contributed by atoms with Gasteiger partial charge in [-0.3, -0.25) is 0 Å². The molecule has 0 spiro atoms. The van der Waals surface area contributed by atoms with Crippen LogP contribution in [0, 0.1) is 5.92 Å². The van der Waals surface area contributed by atoms with Crippen LogP contribution in [0.3, 0.4) is 0 Å². The Morgan fingerprint density at radius 2 is 2.18 bits per heavy atom. The van der Waals surface area contributed by atoms with Gasteiger partial charge in [0.15, 0.2) is 0 Å². The molecule has 122 valence electrons. The molecule has 1 amide bonds. The second-order valence-corrected chi connectivity index (χ2v) is 7.26. The second-order valence-electron chi connectivity index (χ2n) is 6.83. The lowest BCUT2D eigenvalue weighted by atomic mass is 9.89. The lowest BCUT2D eigenvalue weighted by molar-refractivity contribution is 0.00239.